The van der Waals surface area contributed by atoms with Crippen LogP contribution in [0.2, 0.25) is 0 Å². The third-order valence-electron chi connectivity index (χ3n) is 4.91. The molecule has 0 radical (unpaired) electrons. The molecule has 0 aliphatic heterocycles. The van der Waals surface area contributed by atoms with E-state index in [1.54, 1.807) is 17.1 Å². The van der Waals surface area contributed by atoms with Crippen LogP contribution < -0.4 is 5.32 Å². The van der Waals surface area contributed by atoms with Crippen molar-refractivity contribution in [3.63, 3.8) is 0 Å². The molecule has 0 spiro atoms. The number of amides is 1. The molecular formula is C20H18N4O4. The fourth-order valence-electron chi connectivity index (χ4n) is 2.93. The summed E-state index contributed by atoms with van der Waals surface area (Å²) >= 11 is 0. The van der Waals surface area contributed by atoms with Gasteiger partial charge in [0.15, 0.2) is 5.69 Å². The van der Waals surface area contributed by atoms with Crippen LogP contribution in [-0.2, 0) is 4.79 Å². The molecule has 3 N–H and O–H groups in total. The van der Waals surface area contributed by atoms with Crippen molar-refractivity contribution in [1.29, 1.82) is 0 Å². The van der Waals surface area contributed by atoms with E-state index in [4.69, 9.17) is 5.11 Å². The van der Waals surface area contributed by atoms with Gasteiger partial charge in [0.2, 0.25) is 0 Å². The predicted molar refractivity (Wildman–Crippen MR) is 100 cm³/mol. The van der Waals surface area contributed by atoms with E-state index in [9.17, 15) is 14.7 Å². The van der Waals surface area contributed by atoms with Crippen molar-refractivity contribution < 1.29 is 19.8 Å². The van der Waals surface area contributed by atoms with E-state index in [1.807, 2.05) is 30.3 Å². The number of aromatic hydroxyl groups is 1. The lowest BCUT2D eigenvalue weighted by Gasteiger charge is -2.11. The molecule has 1 fully saturated rings. The fourth-order valence-corrected chi connectivity index (χ4v) is 2.93. The number of hydrogen-bond donors (Lipinski definition) is 3. The molecule has 8 nitrogen and oxygen atoms in total. The summed E-state index contributed by atoms with van der Waals surface area (Å²) in [5, 5.41) is 26.3. The summed E-state index contributed by atoms with van der Waals surface area (Å²) in [5.41, 5.74) is 1.23. The Morgan fingerprint density at radius 3 is 2.54 bits per heavy atom. The Labute approximate surface area is 160 Å². The summed E-state index contributed by atoms with van der Waals surface area (Å²) in [7, 11) is 0. The number of carbonyl (C=O) groups excluding carboxylic acids is 1. The first-order valence-corrected chi connectivity index (χ1v) is 8.80. The minimum Gasteiger partial charge on any atom is -0.505 e. The zero-order chi connectivity index (χ0) is 19.7. The molecule has 4 rings (SSSR count). The number of carboxylic acid groups (broad SMARTS) is 1. The summed E-state index contributed by atoms with van der Waals surface area (Å²) in [6, 6.07) is 11.0. The lowest BCUT2D eigenvalue weighted by molar-refractivity contribution is -0.143. The van der Waals surface area contributed by atoms with Crippen LogP contribution in [0.3, 0.4) is 0 Å². The molecule has 2 aromatic heterocycles. The maximum atomic E-state index is 12.3. The zero-order valence-electron chi connectivity index (χ0n) is 14.9. The van der Waals surface area contributed by atoms with Crippen molar-refractivity contribution in [3.8, 4) is 22.6 Å². The monoisotopic (exact) mass is 378 g/mol. The van der Waals surface area contributed by atoms with E-state index in [0.29, 0.717) is 18.4 Å². The Kier molecular flexibility index (Phi) is 4.31. The Balaban J connectivity index is 1.50. The first kappa shape index (κ1) is 17.7. The van der Waals surface area contributed by atoms with Crippen LogP contribution >= 0.6 is 0 Å². The van der Waals surface area contributed by atoms with Gasteiger partial charge in [0.1, 0.15) is 5.75 Å². The number of benzene rings is 1. The Morgan fingerprint density at radius 2 is 1.89 bits per heavy atom. The minimum atomic E-state index is -0.921. The Morgan fingerprint density at radius 1 is 1.14 bits per heavy atom. The number of rotatable bonds is 6. The summed E-state index contributed by atoms with van der Waals surface area (Å²) in [6.07, 6.45) is 5.99. The number of aromatic nitrogens is 3. The van der Waals surface area contributed by atoms with Gasteiger partial charge in [-0.2, -0.15) is 5.10 Å². The van der Waals surface area contributed by atoms with Crippen LogP contribution in [0.4, 0.5) is 0 Å². The number of carboxylic acids is 1. The average molecular weight is 378 g/mol. The van der Waals surface area contributed by atoms with Gasteiger partial charge >= 0.3 is 5.97 Å². The van der Waals surface area contributed by atoms with Gasteiger partial charge in [0.05, 0.1) is 17.3 Å². The molecule has 1 aliphatic carbocycles. The van der Waals surface area contributed by atoms with Crippen molar-refractivity contribution >= 4 is 11.9 Å². The molecular weight excluding hydrogens is 360 g/mol. The molecule has 142 valence electrons. The highest BCUT2D eigenvalue weighted by Gasteiger charge is 2.50. The molecule has 1 aromatic carbocycles. The van der Waals surface area contributed by atoms with Gasteiger partial charge < -0.3 is 15.5 Å². The lowest BCUT2D eigenvalue weighted by Crippen LogP contribution is -2.34. The highest BCUT2D eigenvalue weighted by atomic mass is 16.4. The van der Waals surface area contributed by atoms with Gasteiger partial charge in [0, 0.05) is 30.1 Å². The van der Waals surface area contributed by atoms with E-state index in [-0.39, 0.29) is 18.0 Å². The van der Waals surface area contributed by atoms with Crippen LogP contribution in [0, 0.1) is 5.41 Å². The Hall–Kier alpha value is -3.68. The molecule has 1 saturated carbocycles. The summed E-state index contributed by atoms with van der Waals surface area (Å²) in [4.78, 5) is 27.5. The standard InChI is InChI=1S/C20H18N4O4/c25-16-8-13(14-10-23-24(11-14)15-4-2-1-3-5-15)9-21-17(16)18(26)22-12-20(6-7-20)19(27)28/h1-5,8-11,25H,6-7,12H2,(H,22,26)(H,27,28). The van der Waals surface area contributed by atoms with Crippen LogP contribution in [0.1, 0.15) is 23.3 Å². The molecule has 0 saturated heterocycles. The van der Waals surface area contributed by atoms with Crippen molar-refractivity contribution in [2.45, 2.75) is 12.8 Å². The average Bonchev–Trinajstić information content (AvgIpc) is 3.34. The highest BCUT2D eigenvalue weighted by molar-refractivity contribution is 5.95. The van der Waals surface area contributed by atoms with Gasteiger partial charge in [0.25, 0.3) is 5.91 Å². The maximum Gasteiger partial charge on any atom is 0.311 e. The molecule has 3 aromatic rings. The molecule has 0 atom stereocenters. The third-order valence-corrected chi connectivity index (χ3v) is 4.91. The number of carbonyl (C=O) groups is 2. The zero-order valence-corrected chi connectivity index (χ0v) is 14.9. The van der Waals surface area contributed by atoms with Gasteiger partial charge in [-0.3, -0.25) is 9.59 Å². The predicted octanol–water partition coefficient (Wildman–Crippen LogP) is 2.23. The van der Waals surface area contributed by atoms with Gasteiger partial charge in [-0.25, -0.2) is 9.67 Å². The number of nitrogens with zero attached hydrogens (tertiary/aromatic N) is 3. The smallest absolute Gasteiger partial charge is 0.311 e. The van der Waals surface area contributed by atoms with E-state index < -0.39 is 17.3 Å². The second-order valence-electron chi connectivity index (χ2n) is 6.87. The first-order valence-electron chi connectivity index (χ1n) is 8.80. The first-order chi connectivity index (χ1) is 13.5. The molecule has 0 unspecified atom stereocenters. The minimum absolute atomic E-state index is 0.0217. The molecule has 28 heavy (non-hydrogen) atoms. The second-order valence-corrected chi connectivity index (χ2v) is 6.87. The highest BCUT2D eigenvalue weighted by Crippen LogP contribution is 2.45. The summed E-state index contributed by atoms with van der Waals surface area (Å²) in [5.74, 6) is -1.80. The molecule has 1 amide bonds. The summed E-state index contributed by atoms with van der Waals surface area (Å²) in [6.45, 7) is 0.0217. The molecule has 1 aliphatic rings. The van der Waals surface area contributed by atoms with Crippen molar-refractivity contribution in [3.05, 3.63) is 60.7 Å². The number of hydrogen-bond acceptors (Lipinski definition) is 5. The maximum absolute atomic E-state index is 12.3. The quantitative estimate of drug-likeness (QED) is 0.605. The largest absolute Gasteiger partial charge is 0.505 e. The van der Waals surface area contributed by atoms with E-state index in [2.05, 4.69) is 15.4 Å². The summed E-state index contributed by atoms with van der Waals surface area (Å²) < 4.78 is 1.70. The van der Waals surface area contributed by atoms with E-state index in [0.717, 1.165) is 11.3 Å². The number of para-hydroxylation sites is 1. The van der Waals surface area contributed by atoms with Crippen molar-refractivity contribution in [2.75, 3.05) is 6.54 Å². The van der Waals surface area contributed by atoms with Crippen molar-refractivity contribution in [2.24, 2.45) is 5.41 Å². The van der Waals surface area contributed by atoms with E-state index >= 15 is 0 Å². The molecule has 0 bridgehead atoms. The number of pyridine rings is 1. The van der Waals surface area contributed by atoms with Gasteiger partial charge in [-0.15, -0.1) is 0 Å². The second kappa shape index (κ2) is 6.80. The lowest BCUT2D eigenvalue weighted by atomic mass is 10.1. The SMILES string of the molecule is O=C(NCC1(C(=O)O)CC1)c1ncc(-c2cnn(-c3ccccc3)c2)cc1O. The molecule has 2 heterocycles. The van der Waals surface area contributed by atoms with Crippen molar-refractivity contribution in [1.82, 2.24) is 20.1 Å². The van der Waals surface area contributed by atoms with Crippen LogP contribution in [0.25, 0.3) is 16.8 Å². The normalized spacial score (nSPS) is 14.4. The third kappa shape index (κ3) is 3.32. The fraction of sp³-hybridized carbons (Fsp3) is 0.200. The number of aliphatic carboxylic acids is 1. The van der Waals surface area contributed by atoms with Crippen LogP contribution in [0.15, 0.2) is 55.0 Å². The van der Waals surface area contributed by atoms with Gasteiger partial charge in [-0.05, 0) is 31.0 Å². The topological polar surface area (TPSA) is 117 Å². The van der Waals surface area contributed by atoms with Gasteiger partial charge in [-0.1, -0.05) is 18.2 Å². The van der Waals surface area contributed by atoms with E-state index in [1.165, 1.54) is 12.3 Å². The number of nitrogens with one attached hydrogen (secondary N) is 1. The van der Waals surface area contributed by atoms with Crippen LogP contribution in [-0.4, -0.2) is 43.4 Å². The Bertz CT molecular complexity index is 1040. The molecule has 8 heteroatoms. The van der Waals surface area contributed by atoms with Crippen LogP contribution in [0.5, 0.6) is 5.75 Å².